The molecule has 2 amide bonds. The number of carbonyl (C=O) groups is 1. The van der Waals surface area contributed by atoms with E-state index in [-0.39, 0.29) is 12.7 Å². The number of hydrogen-bond donors (Lipinski definition) is 2. The molecular weight excluding hydrogens is 156 g/mol. The van der Waals surface area contributed by atoms with Gasteiger partial charge in [-0.2, -0.15) is 0 Å². The molecule has 1 saturated heterocycles. The lowest BCUT2D eigenvalue weighted by atomic mass is 10.3. The lowest BCUT2D eigenvalue weighted by Crippen LogP contribution is -2.51. The fraction of sp³-hybridized carbons (Fsp3) is 0.857. The van der Waals surface area contributed by atoms with E-state index in [9.17, 15) is 4.79 Å². The predicted molar refractivity (Wildman–Crippen MR) is 46.7 cm³/mol. The first-order chi connectivity index (χ1) is 5.74. The van der Waals surface area contributed by atoms with Crippen molar-refractivity contribution in [2.24, 2.45) is 5.73 Å². The van der Waals surface area contributed by atoms with Crippen molar-refractivity contribution in [3.8, 4) is 0 Å². The van der Waals surface area contributed by atoms with Gasteiger partial charge in [-0.3, -0.25) is 0 Å². The van der Waals surface area contributed by atoms with Crippen LogP contribution in [-0.2, 0) is 0 Å². The molecule has 5 heteroatoms. The number of rotatable bonds is 1. The third kappa shape index (κ3) is 2.35. The van der Waals surface area contributed by atoms with E-state index in [1.807, 2.05) is 0 Å². The third-order valence-corrected chi connectivity index (χ3v) is 2.04. The van der Waals surface area contributed by atoms with Gasteiger partial charge in [-0.05, 0) is 7.05 Å². The molecule has 0 spiro atoms. The SMILES string of the molecule is CN1CCN(C(=O)NCN)CC1. The molecule has 0 aromatic carbocycles. The molecule has 1 fully saturated rings. The number of nitrogens with two attached hydrogens (primary N) is 1. The largest absolute Gasteiger partial charge is 0.326 e. The summed E-state index contributed by atoms with van der Waals surface area (Å²) in [4.78, 5) is 15.2. The molecule has 1 aliphatic rings. The summed E-state index contributed by atoms with van der Waals surface area (Å²) in [5.41, 5.74) is 5.19. The van der Waals surface area contributed by atoms with E-state index in [0.29, 0.717) is 0 Å². The second-order valence-corrected chi connectivity index (χ2v) is 2.98. The minimum atomic E-state index is -0.0504. The summed E-state index contributed by atoms with van der Waals surface area (Å²) in [5, 5.41) is 2.58. The zero-order chi connectivity index (χ0) is 8.97. The lowest BCUT2D eigenvalue weighted by molar-refractivity contribution is 0.154. The molecule has 0 aromatic heterocycles. The molecule has 70 valence electrons. The first kappa shape index (κ1) is 9.28. The number of likely N-dealkylation sites (N-methyl/N-ethyl adjacent to an activating group) is 1. The summed E-state index contributed by atoms with van der Waals surface area (Å²) >= 11 is 0. The molecule has 3 N–H and O–H groups in total. The van der Waals surface area contributed by atoms with E-state index >= 15 is 0 Å². The lowest BCUT2D eigenvalue weighted by Gasteiger charge is -2.32. The zero-order valence-electron chi connectivity index (χ0n) is 7.42. The van der Waals surface area contributed by atoms with Crippen LogP contribution in [0.2, 0.25) is 0 Å². The summed E-state index contributed by atoms with van der Waals surface area (Å²) in [6.45, 7) is 3.69. The van der Waals surface area contributed by atoms with Gasteiger partial charge in [0.1, 0.15) is 0 Å². The van der Waals surface area contributed by atoms with Gasteiger partial charge in [0.25, 0.3) is 0 Å². The fourth-order valence-corrected chi connectivity index (χ4v) is 1.21. The average Bonchev–Trinajstić information content (AvgIpc) is 2.06. The average molecular weight is 172 g/mol. The Kier molecular flexibility index (Phi) is 3.31. The van der Waals surface area contributed by atoms with Crippen molar-refractivity contribution in [1.29, 1.82) is 0 Å². The van der Waals surface area contributed by atoms with Crippen molar-refractivity contribution in [1.82, 2.24) is 15.1 Å². The van der Waals surface area contributed by atoms with Crippen LogP contribution in [0.1, 0.15) is 0 Å². The molecule has 0 unspecified atom stereocenters. The van der Waals surface area contributed by atoms with E-state index in [4.69, 9.17) is 5.73 Å². The second kappa shape index (κ2) is 4.27. The number of piperazine rings is 1. The quantitative estimate of drug-likeness (QED) is 0.491. The van der Waals surface area contributed by atoms with Crippen LogP contribution in [0.3, 0.4) is 0 Å². The summed E-state index contributed by atoms with van der Waals surface area (Å²) in [6.07, 6.45) is 0. The minimum absolute atomic E-state index is 0.0504. The number of urea groups is 1. The van der Waals surface area contributed by atoms with Crippen molar-refractivity contribution >= 4 is 6.03 Å². The third-order valence-electron chi connectivity index (χ3n) is 2.04. The maximum atomic E-state index is 11.2. The highest BCUT2D eigenvalue weighted by atomic mass is 16.2. The molecular formula is C7H16N4O. The highest BCUT2D eigenvalue weighted by molar-refractivity contribution is 5.74. The molecule has 1 aliphatic heterocycles. The monoisotopic (exact) mass is 172 g/mol. The van der Waals surface area contributed by atoms with Crippen LogP contribution < -0.4 is 11.1 Å². The van der Waals surface area contributed by atoms with E-state index in [1.165, 1.54) is 0 Å². The Morgan fingerprint density at radius 2 is 2.00 bits per heavy atom. The van der Waals surface area contributed by atoms with Crippen molar-refractivity contribution < 1.29 is 4.79 Å². The minimum Gasteiger partial charge on any atom is -0.326 e. The molecule has 1 rings (SSSR count). The Morgan fingerprint density at radius 3 is 2.50 bits per heavy atom. The normalized spacial score (nSPS) is 19.3. The summed E-state index contributed by atoms with van der Waals surface area (Å²) in [6, 6.07) is -0.0504. The number of nitrogens with zero attached hydrogens (tertiary/aromatic N) is 2. The molecule has 0 bridgehead atoms. The fourth-order valence-electron chi connectivity index (χ4n) is 1.21. The highest BCUT2D eigenvalue weighted by Gasteiger charge is 2.17. The van der Waals surface area contributed by atoms with Crippen LogP contribution in [0.4, 0.5) is 4.79 Å². The van der Waals surface area contributed by atoms with Crippen molar-refractivity contribution in [2.45, 2.75) is 0 Å². The van der Waals surface area contributed by atoms with Crippen LogP contribution in [0, 0.1) is 0 Å². The summed E-state index contributed by atoms with van der Waals surface area (Å²) < 4.78 is 0. The maximum absolute atomic E-state index is 11.2. The van der Waals surface area contributed by atoms with Gasteiger partial charge >= 0.3 is 6.03 Å². The van der Waals surface area contributed by atoms with Crippen LogP contribution >= 0.6 is 0 Å². The molecule has 0 aromatic rings. The van der Waals surface area contributed by atoms with Crippen LogP contribution in [-0.4, -0.2) is 55.7 Å². The molecule has 0 saturated carbocycles. The zero-order valence-corrected chi connectivity index (χ0v) is 7.42. The van der Waals surface area contributed by atoms with Gasteiger partial charge in [-0.25, -0.2) is 4.79 Å². The predicted octanol–water partition coefficient (Wildman–Crippen LogP) is -1.14. The molecule has 0 aliphatic carbocycles. The molecule has 1 heterocycles. The Balaban J connectivity index is 2.29. The molecule has 12 heavy (non-hydrogen) atoms. The van der Waals surface area contributed by atoms with Crippen molar-refractivity contribution in [2.75, 3.05) is 39.9 Å². The number of nitrogens with one attached hydrogen (secondary N) is 1. The van der Waals surface area contributed by atoms with Crippen LogP contribution in [0.25, 0.3) is 0 Å². The topological polar surface area (TPSA) is 61.6 Å². The van der Waals surface area contributed by atoms with Crippen molar-refractivity contribution in [3.63, 3.8) is 0 Å². The van der Waals surface area contributed by atoms with Gasteiger partial charge in [-0.1, -0.05) is 0 Å². The Labute approximate surface area is 72.5 Å². The summed E-state index contributed by atoms with van der Waals surface area (Å²) in [7, 11) is 2.05. The highest BCUT2D eigenvalue weighted by Crippen LogP contribution is 1.98. The van der Waals surface area contributed by atoms with Crippen molar-refractivity contribution in [3.05, 3.63) is 0 Å². The standard InChI is InChI=1S/C7H16N4O/c1-10-2-4-11(5-3-10)7(12)9-6-8/h2-6,8H2,1H3,(H,9,12). The van der Waals surface area contributed by atoms with Crippen LogP contribution in [0.5, 0.6) is 0 Å². The maximum Gasteiger partial charge on any atom is 0.318 e. The van der Waals surface area contributed by atoms with Gasteiger partial charge in [0.05, 0.1) is 6.67 Å². The Hall–Kier alpha value is -0.810. The van der Waals surface area contributed by atoms with E-state index in [2.05, 4.69) is 17.3 Å². The van der Waals surface area contributed by atoms with Gasteiger partial charge in [0.15, 0.2) is 0 Å². The first-order valence-electron chi connectivity index (χ1n) is 4.15. The van der Waals surface area contributed by atoms with Gasteiger partial charge < -0.3 is 20.9 Å². The van der Waals surface area contributed by atoms with Gasteiger partial charge in [0.2, 0.25) is 0 Å². The van der Waals surface area contributed by atoms with Gasteiger partial charge in [-0.15, -0.1) is 0 Å². The molecule has 0 radical (unpaired) electrons. The van der Waals surface area contributed by atoms with E-state index in [0.717, 1.165) is 26.2 Å². The number of amides is 2. The molecule has 0 atom stereocenters. The summed E-state index contributed by atoms with van der Waals surface area (Å²) in [5.74, 6) is 0. The van der Waals surface area contributed by atoms with E-state index in [1.54, 1.807) is 4.90 Å². The number of hydrogen-bond acceptors (Lipinski definition) is 3. The first-order valence-corrected chi connectivity index (χ1v) is 4.15. The molecule has 5 nitrogen and oxygen atoms in total. The number of carbonyl (C=O) groups excluding carboxylic acids is 1. The Bertz CT molecular complexity index is 153. The smallest absolute Gasteiger partial charge is 0.318 e. The van der Waals surface area contributed by atoms with E-state index < -0.39 is 0 Å². The Morgan fingerprint density at radius 1 is 1.42 bits per heavy atom. The van der Waals surface area contributed by atoms with Gasteiger partial charge in [0, 0.05) is 26.2 Å². The van der Waals surface area contributed by atoms with Crippen LogP contribution in [0.15, 0.2) is 0 Å². The second-order valence-electron chi connectivity index (χ2n) is 2.98.